The van der Waals surface area contributed by atoms with E-state index in [4.69, 9.17) is 16.7 Å². The Bertz CT molecular complexity index is 454. The van der Waals surface area contributed by atoms with Gasteiger partial charge in [0, 0.05) is 12.6 Å². The lowest BCUT2D eigenvalue weighted by molar-refractivity contribution is -0.127. The average molecular weight is 390 g/mol. The number of aliphatic hydroxyl groups excluding tert-OH is 1. The molecule has 0 radical (unpaired) electrons. The molecule has 3 rings (SSSR count). The van der Waals surface area contributed by atoms with Crippen LogP contribution in [-0.4, -0.2) is 54.5 Å². The largest absolute Gasteiger partial charge is 0.395 e. The fourth-order valence-electron chi connectivity index (χ4n) is 4.67. The number of carbonyl (C=O) groups excluding carboxylic acids is 1. The highest BCUT2D eigenvalue weighted by Gasteiger charge is 2.32. The van der Waals surface area contributed by atoms with Crippen molar-refractivity contribution in [3.05, 3.63) is 0 Å². The van der Waals surface area contributed by atoms with Gasteiger partial charge in [-0.25, -0.2) is 4.39 Å². The number of halogens is 2. The highest BCUT2D eigenvalue weighted by Crippen LogP contribution is 2.35. The summed E-state index contributed by atoms with van der Waals surface area (Å²) >= 11 is 6.09. The predicted molar refractivity (Wildman–Crippen MR) is 101 cm³/mol. The predicted octanol–water partition coefficient (Wildman–Crippen LogP) is 1.92. The molecule has 3 fully saturated rings. The topological polar surface area (TPSA) is 73.4 Å². The summed E-state index contributed by atoms with van der Waals surface area (Å²) < 4.78 is 13.5. The molecule has 1 amide bonds. The number of hydrogen-bond acceptors (Lipinski definition) is 4. The van der Waals surface area contributed by atoms with Crippen molar-refractivity contribution < 1.29 is 14.3 Å². The molecule has 0 aromatic carbocycles. The summed E-state index contributed by atoms with van der Waals surface area (Å²) in [5, 5.41) is 18.7. The van der Waals surface area contributed by atoms with Crippen LogP contribution >= 0.6 is 11.6 Å². The first kappa shape index (κ1) is 20.3. The maximum Gasteiger partial charge on any atom is 0.225 e. The molecule has 3 aliphatic rings. The van der Waals surface area contributed by atoms with Gasteiger partial charge >= 0.3 is 0 Å². The summed E-state index contributed by atoms with van der Waals surface area (Å²) in [6.07, 6.45) is 6.38. The van der Waals surface area contributed by atoms with Gasteiger partial charge in [0.05, 0.1) is 24.1 Å². The summed E-state index contributed by atoms with van der Waals surface area (Å²) in [5.41, 5.74) is 0. The molecule has 0 bridgehead atoms. The Morgan fingerprint density at radius 2 is 1.88 bits per heavy atom. The van der Waals surface area contributed by atoms with E-state index in [1.54, 1.807) is 0 Å². The monoisotopic (exact) mass is 389 g/mol. The van der Waals surface area contributed by atoms with Crippen molar-refractivity contribution >= 4 is 17.5 Å². The second-order valence-corrected chi connectivity index (χ2v) is 8.98. The van der Waals surface area contributed by atoms with E-state index in [1.807, 2.05) is 0 Å². The minimum atomic E-state index is -0.834. The Balaban J connectivity index is 1.34. The zero-order valence-corrected chi connectivity index (χ0v) is 16.2. The molecular weight excluding hydrogens is 357 g/mol. The smallest absolute Gasteiger partial charge is 0.225 e. The van der Waals surface area contributed by atoms with Crippen LogP contribution in [0.1, 0.15) is 51.4 Å². The zero-order chi connectivity index (χ0) is 18.5. The van der Waals surface area contributed by atoms with Gasteiger partial charge in [-0.2, -0.15) is 0 Å². The number of alkyl halides is 2. The lowest BCUT2D eigenvalue weighted by atomic mass is 9.79. The normalized spacial score (nSPS) is 41.6. The van der Waals surface area contributed by atoms with Gasteiger partial charge in [0.1, 0.15) is 6.17 Å². The average Bonchev–Trinajstić information content (AvgIpc) is 2.66. The lowest BCUT2D eigenvalue weighted by Crippen LogP contribution is -2.54. The number of rotatable bonds is 5. The maximum atomic E-state index is 13.5. The van der Waals surface area contributed by atoms with Crippen LogP contribution in [0.3, 0.4) is 0 Å². The quantitative estimate of drug-likeness (QED) is 0.542. The Morgan fingerprint density at radius 3 is 2.50 bits per heavy atom. The van der Waals surface area contributed by atoms with E-state index in [0.29, 0.717) is 24.8 Å². The first-order valence-corrected chi connectivity index (χ1v) is 10.6. The van der Waals surface area contributed by atoms with E-state index in [1.165, 1.54) is 0 Å². The van der Waals surface area contributed by atoms with Crippen molar-refractivity contribution in [2.24, 2.45) is 17.8 Å². The van der Waals surface area contributed by atoms with E-state index < -0.39 is 6.17 Å². The fraction of sp³-hybridized carbons (Fsp3) is 0.947. The minimum absolute atomic E-state index is 0.00568. The Hall–Kier alpha value is -0.430. The summed E-state index contributed by atoms with van der Waals surface area (Å²) in [4.78, 5) is 12.4. The van der Waals surface area contributed by atoms with E-state index in [2.05, 4.69) is 16.0 Å². The summed E-state index contributed by atoms with van der Waals surface area (Å²) in [7, 11) is 0. The maximum absolute atomic E-state index is 13.5. The third-order valence-corrected chi connectivity index (χ3v) is 6.86. The van der Waals surface area contributed by atoms with Crippen LogP contribution in [-0.2, 0) is 4.79 Å². The van der Waals surface area contributed by atoms with Crippen LogP contribution in [0.5, 0.6) is 0 Å². The van der Waals surface area contributed by atoms with E-state index in [9.17, 15) is 9.18 Å². The number of nitrogens with one attached hydrogen (secondary N) is 3. The van der Waals surface area contributed by atoms with Crippen LogP contribution in [0, 0.1) is 17.8 Å². The molecule has 7 atom stereocenters. The number of amides is 1. The fourth-order valence-corrected chi connectivity index (χ4v) is 5.05. The van der Waals surface area contributed by atoms with Gasteiger partial charge in [0.25, 0.3) is 0 Å². The van der Waals surface area contributed by atoms with Crippen LogP contribution in [0.4, 0.5) is 4.39 Å². The molecule has 4 N–H and O–H groups in total. The van der Waals surface area contributed by atoms with Gasteiger partial charge in [-0.15, -0.1) is 11.6 Å². The molecule has 7 unspecified atom stereocenters. The molecule has 150 valence electrons. The third kappa shape index (κ3) is 5.54. The summed E-state index contributed by atoms with van der Waals surface area (Å²) in [6, 6.07) is 0.132. The first-order chi connectivity index (χ1) is 12.5. The number of piperidine rings is 2. The first-order valence-electron chi connectivity index (χ1n) is 10.2. The molecule has 1 saturated carbocycles. The van der Waals surface area contributed by atoms with Gasteiger partial charge < -0.3 is 15.7 Å². The number of hydrogen-bond donors (Lipinski definition) is 4. The van der Waals surface area contributed by atoms with Crippen LogP contribution in [0.25, 0.3) is 0 Å². The van der Waals surface area contributed by atoms with Crippen molar-refractivity contribution in [3.8, 4) is 0 Å². The zero-order valence-electron chi connectivity index (χ0n) is 15.4. The highest BCUT2D eigenvalue weighted by atomic mass is 35.5. The molecule has 2 saturated heterocycles. The lowest BCUT2D eigenvalue weighted by Gasteiger charge is -2.36. The van der Waals surface area contributed by atoms with Crippen LogP contribution < -0.4 is 16.0 Å². The highest BCUT2D eigenvalue weighted by molar-refractivity contribution is 6.21. The Labute approximate surface area is 160 Å². The van der Waals surface area contributed by atoms with Crippen molar-refractivity contribution in [1.82, 2.24) is 16.0 Å². The van der Waals surface area contributed by atoms with E-state index >= 15 is 0 Å². The second-order valence-electron chi connectivity index (χ2n) is 8.42. The Morgan fingerprint density at radius 1 is 1.08 bits per heavy atom. The molecule has 5 nitrogen and oxygen atoms in total. The van der Waals surface area contributed by atoms with Crippen molar-refractivity contribution in [3.63, 3.8) is 0 Å². The molecular formula is C19H33ClFN3O2. The second kappa shape index (κ2) is 9.67. The van der Waals surface area contributed by atoms with Gasteiger partial charge in [-0.3, -0.25) is 10.1 Å². The molecule has 7 heteroatoms. The van der Waals surface area contributed by atoms with Gasteiger partial charge in [0.15, 0.2) is 0 Å². The molecule has 0 spiro atoms. The minimum Gasteiger partial charge on any atom is -0.395 e. The Kier molecular flexibility index (Phi) is 7.55. The van der Waals surface area contributed by atoms with E-state index in [0.717, 1.165) is 51.5 Å². The molecule has 2 aliphatic heterocycles. The van der Waals surface area contributed by atoms with Crippen molar-refractivity contribution in [1.29, 1.82) is 0 Å². The molecule has 0 aromatic rings. The summed E-state index contributed by atoms with van der Waals surface area (Å²) in [5.74, 6) is 1.23. The van der Waals surface area contributed by atoms with Crippen LogP contribution in [0.15, 0.2) is 0 Å². The third-order valence-electron chi connectivity index (χ3n) is 6.41. The molecule has 1 aliphatic carbocycles. The summed E-state index contributed by atoms with van der Waals surface area (Å²) in [6.45, 7) is 1.68. The van der Waals surface area contributed by atoms with Crippen molar-refractivity contribution in [2.75, 3.05) is 19.7 Å². The number of aliphatic hydroxyl groups is 1. The van der Waals surface area contributed by atoms with E-state index in [-0.39, 0.29) is 36.0 Å². The van der Waals surface area contributed by atoms with Gasteiger partial charge in [0.2, 0.25) is 5.91 Å². The van der Waals surface area contributed by atoms with Gasteiger partial charge in [-0.1, -0.05) is 0 Å². The van der Waals surface area contributed by atoms with Crippen molar-refractivity contribution in [2.45, 2.75) is 75.1 Å². The standard InChI is InChI=1S/C19H33ClFN3O2/c20-16-8-12(1-5-17(16)21)7-13-2-6-18(23-9-13)24-19(26)14-3-4-15(11-25)22-10-14/h12-18,22-23,25H,1-11H2,(H,24,26). The number of carbonyl (C=O) groups is 1. The van der Waals surface area contributed by atoms with Crippen LogP contribution in [0.2, 0.25) is 0 Å². The molecule has 0 aromatic heterocycles. The SMILES string of the molecule is O=C(NC1CCC(CC2CCC(F)C(Cl)C2)CN1)C1CCC(CO)NC1. The molecule has 2 heterocycles. The molecule has 26 heavy (non-hydrogen) atoms. The van der Waals surface area contributed by atoms with Gasteiger partial charge in [-0.05, 0) is 69.7 Å².